The van der Waals surface area contributed by atoms with Crippen LogP contribution in [-0.2, 0) is 10.0 Å². The summed E-state index contributed by atoms with van der Waals surface area (Å²) in [6.45, 7) is 3.74. The van der Waals surface area contributed by atoms with Crippen molar-refractivity contribution >= 4 is 15.7 Å². The second-order valence-electron chi connectivity index (χ2n) is 3.54. The smallest absolute Gasteiger partial charge is 0.232 e. The van der Waals surface area contributed by atoms with Crippen LogP contribution in [0.3, 0.4) is 0 Å². The summed E-state index contributed by atoms with van der Waals surface area (Å²) in [7, 11) is -3.23. The lowest BCUT2D eigenvalue weighted by Crippen LogP contribution is -2.15. The van der Waals surface area contributed by atoms with Crippen molar-refractivity contribution in [3.63, 3.8) is 0 Å². The molecule has 0 aliphatic carbocycles. The lowest BCUT2D eigenvalue weighted by atomic mass is 10.1. The van der Waals surface area contributed by atoms with E-state index in [4.69, 9.17) is 5.73 Å². The maximum Gasteiger partial charge on any atom is 0.232 e. The van der Waals surface area contributed by atoms with Gasteiger partial charge in [0.05, 0.1) is 18.0 Å². The third-order valence-corrected chi connectivity index (χ3v) is 3.50. The molecular formula is C12H16N2O2S. The molecule has 1 rings (SSSR count). The highest BCUT2D eigenvalue weighted by Crippen LogP contribution is 2.17. The van der Waals surface area contributed by atoms with Crippen molar-refractivity contribution in [1.82, 2.24) is 0 Å². The summed E-state index contributed by atoms with van der Waals surface area (Å²) < 4.78 is 25.4. The number of nitrogens with one attached hydrogen (secondary N) is 1. The van der Waals surface area contributed by atoms with E-state index < -0.39 is 10.0 Å². The minimum absolute atomic E-state index is 0.0567. The fourth-order valence-corrected chi connectivity index (χ4v) is 1.96. The third kappa shape index (κ3) is 4.10. The van der Waals surface area contributed by atoms with Crippen LogP contribution in [0.2, 0.25) is 0 Å². The van der Waals surface area contributed by atoms with Crippen LogP contribution < -0.4 is 10.5 Å². The van der Waals surface area contributed by atoms with Gasteiger partial charge in [0.2, 0.25) is 10.0 Å². The normalized spacial score (nSPS) is 10.5. The minimum atomic E-state index is -3.23. The van der Waals surface area contributed by atoms with Gasteiger partial charge in [0, 0.05) is 5.56 Å². The minimum Gasteiger partial charge on any atom is -0.320 e. The van der Waals surface area contributed by atoms with Crippen molar-refractivity contribution < 1.29 is 8.42 Å². The van der Waals surface area contributed by atoms with Gasteiger partial charge >= 0.3 is 0 Å². The molecule has 0 radical (unpaired) electrons. The van der Waals surface area contributed by atoms with E-state index >= 15 is 0 Å². The van der Waals surface area contributed by atoms with Crippen LogP contribution in [0.5, 0.6) is 0 Å². The number of hydrogen-bond acceptors (Lipinski definition) is 3. The van der Waals surface area contributed by atoms with Crippen LogP contribution in [-0.4, -0.2) is 20.7 Å². The topological polar surface area (TPSA) is 72.2 Å². The summed E-state index contributed by atoms with van der Waals surface area (Å²) >= 11 is 0. The summed E-state index contributed by atoms with van der Waals surface area (Å²) in [4.78, 5) is 0. The van der Waals surface area contributed by atoms with E-state index in [0.717, 1.165) is 11.1 Å². The first-order valence-corrected chi connectivity index (χ1v) is 6.94. The average Bonchev–Trinajstić information content (AvgIpc) is 2.29. The Kier molecular flexibility index (Phi) is 4.55. The van der Waals surface area contributed by atoms with E-state index in [1.807, 2.05) is 13.0 Å². The van der Waals surface area contributed by atoms with Gasteiger partial charge in [-0.15, -0.1) is 0 Å². The summed E-state index contributed by atoms with van der Waals surface area (Å²) in [6, 6.07) is 5.31. The summed E-state index contributed by atoms with van der Waals surface area (Å²) in [5, 5.41) is 0. The van der Waals surface area contributed by atoms with Crippen LogP contribution >= 0.6 is 0 Å². The maximum atomic E-state index is 11.4. The second kappa shape index (κ2) is 5.71. The molecule has 4 nitrogen and oxygen atoms in total. The first kappa shape index (κ1) is 13.6. The predicted molar refractivity (Wildman–Crippen MR) is 70.2 cm³/mol. The van der Waals surface area contributed by atoms with Gasteiger partial charge in [-0.2, -0.15) is 0 Å². The number of benzene rings is 1. The van der Waals surface area contributed by atoms with Gasteiger partial charge in [0.15, 0.2) is 0 Å². The molecular weight excluding hydrogens is 236 g/mol. The second-order valence-corrected chi connectivity index (χ2v) is 5.55. The van der Waals surface area contributed by atoms with Gasteiger partial charge < -0.3 is 5.73 Å². The van der Waals surface area contributed by atoms with Crippen molar-refractivity contribution in [2.75, 3.05) is 17.0 Å². The Balaban J connectivity index is 2.98. The van der Waals surface area contributed by atoms with Gasteiger partial charge in [-0.05, 0) is 37.6 Å². The highest BCUT2D eigenvalue weighted by atomic mass is 32.2. The molecule has 92 valence electrons. The first-order valence-electron chi connectivity index (χ1n) is 5.28. The average molecular weight is 252 g/mol. The Bertz CT molecular complexity index is 554. The lowest BCUT2D eigenvalue weighted by Gasteiger charge is -2.09. The van der Waals surface area contributed by atoms with Crippen LogP contribution in [0.4, 0.5) is 5.69 Å². The highest BCUT2D eigenvalue weighted by molar-refractivity contribution is 7.92. The van der Waals surface area contributed by atoms with Crippen molar-refractivity contribution in [2.45, 2.75) is 13.8 Å². The van der Waals surface area contributed by atoms with E-state index in [1.54, 1.807) is 19.1 Å². The van der Waals surface area contributed by atoms with E-state index in [1.165, 1.54) is 0 Å². The zero-order valence-electron chi connectivity index (χ0n) is 9.95. The van der Waals surface area contributed by atoms with Crippen LogP contribution in [0.1, 0.15) is 18.1 Å². The molecule has 0 aliphatic heterocycles. The monoisotopic (exact) mass is 252 g/mol. The molecule has 0 saturated heterocycles. The molecule has 0 spiro atoms. The fourth-order valence-electron chi connectivity index (χ4n) is 1.25. The van der Waals surface area contributed by atoms with Crippen molar-refractivity contribution in [3.8, 4) is 11.8 Å². The SMILES string of the molecule is CCS(=O)(=O)Nc1ccc(C#CCN)cc1C. The number of nitrogens with two attached hydrogens (primary N) is 1. The van der Waals surface area contributed by atoms with Gasteiger partial charge in [-0.1, -0.05) is 11.8 Å². The molecule has 5 heteroatoms. The van der Waals surface area contributed by atoms with E-state index in [-0.39, 0.29) is 5.75 Å². The summed E-state index contributed by atoms with van der Waals surface area (Å²) in [5.41, 5.74) is 7.53. The Hall–Kier alpha value is -1.51. The molecule has 0 amide bonds. The number of aryl methyl sites for hydroxylation is 1. The van der Waals surface area contributed by atoms with Crippen molar-refractivity contribution in [2.24, 2.45) is 5.73 Å². The van der Waals surface area contributed by atoms with Gasteiger partial charge in [-0.3, -0.25) is 4.72 Å². The quantitative estimate of drug-likeness (QED) is 0.790. The van der Waals surface area contributed by atoms with Crippen LogP contribution in [0, 0.1) is 18.8 Å². The molecule has 0 aromatic heterocycles. The Morgan fingerprint density at radius 1 is 1.41 bits per heavy atom. The molecule has 0 unspecified atom stereocenters. The molecule has 0 fully saturated rings. The molecule has 0 heterocycles. The molecule has 1 aromatic rings. The molecule has 0 aliphatic rings. The summed E-state index contributed by atoms with van der Waals surface area (Å²) in [5.74, 6) is 5.70. The van der Waals surface area contributed by atoms with Crippen molar-refractivity contribution in [3.05, 3.63) is 29.3 Å². The van der Waals surface area contributed by atoms with Crippen LogP contribution in [0.25, 0.3) is 0 Å². The summed E-state index contributed by atoms with van der Waals surface area (Å²) in [6.07, 6.45) is 0. The van der Waals surface area contributed by atoms with E-state index in [9.17, 15) is 8.42 Å². The zero-order chi connectivity index (χ0) is 12.9. The Morgan fingerprint density at radius 2 is 2.12 bits per heavy atom. The number of hydrogen-bond donors (Lipinski definition) is 2. The largest absolute Gasteiger partial charge is 0.320 e. The fraction of sp³-hybridized carbons (Fsp3) is 0.333. The van der Waals surface area contributed by atoms with Crippen molar-refractivity contribution in [1.29, 1.82) is 0 Å². The molecule has 0 atom stereocenters. The molecule has 0 saturated carbocycles. The molecule has 1 aromatic carbocycles. The van der Waals surface area contributed by atoms with Crippen LogP contribution in [0.15, 0.2) is 18.2 Å². The molecule has 3 N–H and O–H groups in total. The molecule has 0 bridgehead atoms. The maximum absolute atomic E-state index is 11.4. The molecule has 17 heavy (non-hydrogen) atoms. The highest BCUT2D eigenvalue weighted by Gasteiger charge is 2.08. The standard InChI is InChI=1S/C12H16N2O2S/c1-3-17(15,16)14-12-7-6-11(5-4-8-13)9-10(12)2/h6-7,9,14H,3,8,13H2,1-2H3. The Morgan fingerprint density at radius 3 is 2.65 bits per heavy atom. The third-order valence-electron chi connectivity index (χ3n) is 2.21. The number of sulfonamides is 1. The predicted octanol–water partition coefficient (Wildman–Crippen LogP) is 1.07. The van der Waals surface area contributed by atoms with E-state index in [0.29, 0.717) is 12.2 Å². The van der Waals surface area contributed by atoms with Gasteiger partial charge in [-0.25, -0.2) is 8.42 Å². The van der Waals surface area contributed by atoms with Gasteiger partial charge in [0.25, 0.3) is 0 Å². The number of anilines is 1. The van der Waals surface area contributed by atoms with Gasteiger partial charge in [0.1, 0.15) is 0 Å². The lowest BCUT2D eigenvalue weighted by molar-refractivity contribution is 0.602. The van der Waals surface area contributed by atoms with E-state index in [2.05, 4.69) is 16.6 Å². The first-order chi connectivity index (χ1) is 7.98. The Labute approximate surface area is 102 Å². The number of rotatable bonds is 3. The zero-order valence-corrected chi connectivity index (χ0v) is 10.8.